The highest BCUT2D eigenvalue weighted by molar-refractivity contribution is 5.98. The van der Waals surface area contributed by atoms with Crippen LogP contribution in [0.4, 0.5) is 27.3 Å². The summed E-state index contributed by atoms with van der Waals surface area (Å²) >= 11 is 0. The lowest BCUT2D eigenvalue weighted by atomic mass is 10.0. The third kappa shape index (κ3) is 4.80. The SMILES string of the molecule is Cc1c(-c2ccc(N3CCNCC3)nc2)nc2cccc(F)c2c1Nc1cncc(N2CCOCC2)c1. The lowest BCUT2D eigenvalue weighted by Gasteiger charge is -2.29. The zero-order valence-electron chi connectivity index (χ0n) is 20.9. The van der Waals surface area contributed by atoms with E-state index in [0.29, 0.717) is 29.8 Å². The third-order valence-corrected chi connectivity index (χ3v) is 7.04. The van der Waals surface area contributed by atoms with E-state index in [1.54, 1.807) is 12.3 Å². The summed E-state index contributed by atoms with van der Waals surface area (Å²) in [5.74, 6) is 0.644. The molecule has 0 aliphatic carbocycles. The molecule has 2 fully saturated rings. The van der Waals surface area contributed by atoms with Gasteiger partial charge in [0.15, 0.2) is 0 Å². The molecule has 0 radical (unpaired) electrons. The van der Waals surface area contributed by atoms with Crippen molar-refractivity contribution in [3.05, 3.63) is 66.4 Å². The summed E-state index contributed by atoms with van der Waals surface area (Å²) in [4.78, 5) is 18.6. The quantitative estimate of drug-likeness (QED) is 0.425. The Morgan fingerprint density at radius 3 is 2.59 bits per heavy atom. The average molecular weight is 500 g/mol. The molecule has 6 rings (SSSR count). The molecule has 3 aromatic heterocycles. The summed E-state index contributed by atoms with van der Waals surface area (Å²) in [5, 5.41) is 7.31. The average Bonchev–Trinajstić information content (AvgIpc) is 2.96. The first kappa shape index (κ1) is 23.6. The van der Waals surface area contributed by atoms with Crippen LogP contribution in [0.2, 0.25) is 0 Å². The van der Waals surface area contributed by atoms with E-state index < -0.39 is 0 Å². The van der Waals surface area contributed by atoms with E-state index in [0.717, 1.165) is 73.3 Å². The van der Waals surface area contributed by atoms with Gasteiger partial charge < -0.3 is 25.2 Å². The fourth-order valence-corrected chi connectivity index (χ4v) is 5.04. The Bertz CT molecular complexity index is 1400. The van der Waals surface area contributed by atoms with Crippen LogP contribution in [0.3, 0.4) is 0 Å². The number of nitrogens with zero attached hydrogens (tertiary/aromatic N) is 5. The van der Waals surface area contributed by atoms with Crippen LogP contribution in [0.25, 0.3) is 22.2 Å². The molecule has 2 aliphatic rings. The van der Waals surface area contributed by atoms with Gasteiger partial charge in [0.25, 0.3) is 0 Å². The first-order chi connectivity index (χ1) is 18.2. The first-order valence-corrected chi connectivity index (χ1v) is 12.7. The Hall–Kier alpha value is -3.82. The van der Waals surface area contributed by atoms with E-state index in [1.165, 1.54) is 6.07 Å². The molecule has 0 atom stereocenters. The van der Waals surface area contributed by atoms with E-state index in [2.05, 4.69) is 31.5 Å². The molecule has 0 bridgehead atoms. The third-order valence-electron chi connectivity index (χ3n) is 7.04. The molecule has 0 spiro atoms. The number of rotatable bonds is 5. The van der Waals surface area contributed by atoms with Gasteiger partial charge in [-0.3, -0.25) is 4.98 Å². The Balaban J connectivity index is 1.38. The van der Waals surface area contributed by atoms with E-state index in [9.17, 15) is 0 Å². The van der Waals surface area contributed by atoms with Crippen molar-refractivity contribution in [3.63, 3.8) is 0 Å². The molecule has 37 heavy (non-hydrogen) atoms. The molecule has 8 nitrogen and oxygen atoms in total. The van der Waals surface area contributed by atoms with Gasteiger partial charge in [-0.1, -0.05) is 6.07 Å². The number of nitrogens with one attached hydrogen (secondary N) is 2. The number of halogens is 1. The Morgan fingerprint density at radius 1 is 0.973 bits per heavy atom. The van der Waals surface area contributed by atoms with Crippen LogP contribution in [0.5, 0.6) is 0 Å². The number of hydrogen-bond donors (Lipinski definition) is 2. The predicted octanol–water partition coefficient (Wildman–Crippen LogP) is 4.13. The maximum Gasteiger partial charge on any atom is 0.134 e. The highest BCUT2D eigenvalue weighted by atomic mass is 19.1. The van der Waals surface area contributed by atoms with Crippen molar-refractivity contribution in [1.29, 1.82) is 0 Å². The van der Waals surface area contributed by atoms with E-state index >= 15 is 4.39 Å². The van der Waals surface area contributed by atoms with Crippen LogP contribution in [0.15, 0.2) is 55.0 Å². The normalized spacial score (nSPS) is 16.3. The number of fused-ring (bicyclic) bond motifs is 1. The van der Waals surface area contributed by atoms with Gasteiger partial charge in [-0.25, -0.2) is 14.4 Å². The molecule has 1 aromatic carbocycles. The Labute approximate surface area is 215 Å². The van der Waals surface area contributed by atoms with Crippen LogP contribution in [-0.2, 0) is 4.74 Å². The lowest BCUT2D eigenvalue weighted by Crippen LogP contribution is -2.43. The van der Waals surface area contributed by atoms with Gasteiger partial charge in [0.05, 0.1) is 59.3 Å². The maximum atomic E-state index is 15.2. The number of piperazine rings is 1. The molecular formula is C28H30FN7O. The van der Waals surface area contributed by atoms with Crippen molar-refractivity contribution >= 4 is 33.8 Å². The van der Waals surface area contributed by atoms with Gasteiger partial charge in [0, 0.05) is 51.0 Å². The monoisotopic (exact) mass is 499 g/mol. The Morgan fingerprint density at radius 2 is 1.81 bits per heavy atom. The topological polar surface area (TPSA) is 78.4 Å². The van der Waals surface area contributed by atoms with Crippen molar-refractivity contribution < 1.29 is 9.13 Å². The number of hydrogen-bond acceptors (Lipinski definition) is 8. The number of anilines is 4. The van der Waals surface area contributed by atoms with Crippen LogP contribution >= 0.6 is 0 Å². The minimum absolute atomic E-state index is 0.313. The van der Waals surface area contributed by atoms with Crippen LogP contribution in [0, 0.1) is 12.7 Å². The molecule has 2 saturated heterocycles. The minimum atomic E-state index is -0.313. The zero-order valence-corrected chi connectivity index (χ0v) is 20.9. The summed E-state index contributed by atoms with van der Waals surface area (Å²) in [6.07, 6.45) is 5.48. The second-order valence-electron chi connectivity index (χ2n) is 9.39. The summed E-state index contributed by atoms with van der Waals surface area (Å²) in [6.45, 7) is 8.78. The van der Waals surface area contributed by atoms with Crippen LogP contribution in [-0.4, -0.2) is 67.4 Å². The fourth-order valence-electron chi connectivity index (χ4n) is 5.04. The van der Waals surface area contributed by atoms with Gasteiger partial charge >= 0.3 is 0 Å². The number of morpholine rings is 1. The number of benzene rings is 1. The van der Waals surface area contributed by atoms with Gasteiger partial charge in [-0.15, -0.1) is 0 Å². The standard InChI is InChI=1S/C28H30FN7O/c1-19-27(20-5-6-25(32-16-20)36-9-7-30-8-10-36)34-24-4-2-3-23(29)26(24)28(19)33-21-15-22(18-31-17-21)35-11-13-37-14-12-35/h2-6,15-18,30H,7-14H2,1H3,(H,33,34). The van der Waals surface area contributed by atoms with Crippen molar-refractivity contribution in [2.75, 3.05) is 67.6 Å². The summed E-state index contributed by atoms with van der Waals surface area (Å²) in [5.41, 5.74) is 5.60. The van der Waals surface area contributed by atoms with E-state index in [-0.39, 0.29) is 5.82 Å². The van der Waals surface area contributed by atoms with E-state index in [4.69, 9.17) is 14.7 Å². The molecule has 9 heteroatoms. The van der Waals surface area contributed by atoms with Crippen molar-refractivity contribution in [2.45, 2.75) is 6.92 Å². The van der Waals surface area contributed by atoms with Crippen molar-refractivity contribution in [3.8, 4) is 11.3 Å². The van der Waals surface area contributed by atoms with Gasteiger partial charge in [-0.05, 0) is 42.8 Å². The maximum absolute atomic E-state index is 15.2. The fraction of sp³-hybridized carbons (Fsp3) is 0.321. The lowest BCUT2D eigenvalue weighted by molar-refractivity contribution is 0.122. The molecule has 190 valence electrons. The van der Waals surface area contributed by atoms with Gasteiger partial charge in [-0.2, -0.15) is 0 Å². The molecule has 5 heterocycles. The Kier molecular flexibility index (Phi) is 6.55. The molecular weight excluding hydrogens is 469 g/mol. The molecule has 2 aliphatic heterocycles. The number of ether oxygens (including phenoxy) is 1. The van der Waals surface area contributed by atoms with Gasteiger partial charge in [0.2, 0.25) is 0 Å². The summed E-state index contributed by atoms with van der Waals surface area (Å²) < 4.78 is 20.6. The highest BCUT2D eigenvalue weighted by Gasteiger charge is 2.19. The summed E-state index contributed by atoms with van der Waals surface area (Å²) in [7, 11) is 0. The molecule has 2 N–H and O–H groups in total. The highest BCUT2D eigenvalue weighted by Crippen LogP contribution is 2.37. The number of pyridine rings is 3. The van der Waals surface area contributed by atoms with Crippen molar-refractivity contribution in [2.24, 2.45) is 0 Å². The van der Waals surface area contributed by atoms with Crippen LogP contribution in [0.1, 0.15) is 5.56 Å². The second-order valence-corrected chi connectivity index (χ2v) is 9.39. The molecule has 0 saturated carbocycles. The smallest absolute Gasteiger partial charge is 0.134 e. The molecule has 4 aromatic rings. The van der Waals surface area contributed by atoms with Crippen molar-refractivity contribution in [1.82, 2.24) is 20.3 Å². The number of aromatic nitrogens is 3. The zero-order chi connectivity index (χ0) is 25.2. The van der Waals surface area contributed by atoms with Gasteiger partial charge in [0.1, 0.15) is 11.6 Å². The first-order valence-electron chi connectivity index (χ1n) is 12.7. The van der Waals surface area contributed by atoms with E-state index in [1.807, 2.05) is 37.5 Å². The molecule has 0 amide bonds. The molecule has 0 unspecified atom stereocenters. The minimum Gasteiger partial charge on any atom is -0.378 e. The largest absolute Gasteiger partial charge is 0.378 e. The van der Waals surface area contributed by atoms with Crippen LogP contribution < -0.4 is 20.4 Å². The second kappa shape index (κ2) is 10.3. The summed E-state index contributed by atoms with van der Waals surface area (Å²) in [6, 6.07) is 11.2. The predicted molar refractivity (Wildman–Crippen MR) is 145 cm³/mol.